The molecule has 1 aliphatic heterocycles. The van der Waals surface area contributed by atoms with E-state index in [2.05, 4.69) is 10.6 Å². The number of nitrogens with one attached hydrogen (secondary N) is 2. The first-order valence-corrected chi connectivity index (χ1v) is 8.16. The van der Waals surface area contributed by atoms with Gasteiger partial charge in [-0.15, -0.1) is 0 Å². The standard InChI is InChI=1S/C19H20N2O4/c1-12(14-6-8-17-15(10-14)21-19(24)11-25-17)20-18(23)9-7-13-4-2-3-5-16(13)22/h2-6,8,10,12,22H,7,9,11H2,1H3,(H,20,23)(H,21,24)/t12-/m0/s1. The number of benzene rings is 2. The molecule has 6 nitrogen and oxygen atoms in total. The molecule has 2 aromatic carbocycles. The second-order valence-corrected chi connectivity index (χ2v) is 6.01. The molecule has 3 rings (SSSR count). The van der Waals surface area contributed by atoms with Crippen molar-refractivity contribution in [2.24, 2.45) is 0 Å². The van der Waals surface area contributed by atoms with Crippen LogP contribution in [0, 0.1) is 0 Å². The maximum absolute atomic E-state index is 12.2. The van der Waals surface area contributed by atoms with Gasteiger partial charge in [-0.3, -0.25) is 9.59 Å². The van der Waals surface area contributed by atoms with Gasteiger partial charge >= 0.3 is 0 Å². The fraction of sp³-hybridized carbons (Fsp3) is 0.263. The Bertz CT molecular complexity index is 804. The lowest BCUT2D eigenvalue weighted by atomic mass is 10.1. The number of ether oxygens (including phenoxy) is 1. The van der Waals surface area contributed by atoms with E-state index in [1.165, 1.54) is 0 Å². The molecular weight excluding hydrogens is 320 g/mol. The van der Waals surface area contributed by atoms with Gasteiger partial charge in [0.25, 0.3) is 5.91 Å². The van der Waals surface area contributed by atoms with E-state index in [0.29, 0.717) is 17.9 Å². The van der Waals surface area contributed by atoms with Crippen LogP contribution < -0.4 is 15.4 Å². The zero-order valence-electron chi connectivity index (χ0n) is 13.9. The maximum Gasteiger partial charge on any atom is 0.262 e. The number of hydrogen-bond acceptors (Lipinski definition) is 4. The molecule has 0 unspecified atom stereocenters. The number of rotatable bonds is 5. The quantitative estimate of drug-likeness (QED) is 0.780. The van der Waals surface area contributed by atoms with Crippen LogP contribution in [0.25, 0.3) is 0 Å². The van der Waals surface area contributed by atoms with Crippen LogP contribution in [0.1, 0.15) is 30.5 Å². The summed E-state index contributed by atoms with van der Waals surface area (Å²) >= 11 is 0. The monoisotopic (exact) mass is 340 g/mol. The summed E-state index contributed by atoms with van der Waals surface area (Å²) in [6.07, 6.45) is 0.756. The number of phenolic OH excluding ortho intramolecular Hbond substituents is 1. The maximum atomic E-state index is 12.2. The highest BCUT2D eigenvalue weighted by molar-refractivity contribution is 5.95. The van der Waals surface area contributed by atoms with Gasteiger partial charge in [0.05, 0.1) is 11.7 Å². The number of phenols is 1. The first kappa shape index (κ1) is 16.8. The predicted octanol–water partition coefficient (Wildman–Crippen LogP) is 2.53. The van der Waals surface area contributed by atoms with Crippen LogP contribution in [-0.2, 0) is 16.0 Å². The molecule has 0 bridgehead atoms. The third-order valence-electron chi connectivity index (χ3n) is 4.13. The zero-order chi connectivity index (χ0) is 17.8. The Hall–Kier alpha value is -3.02. The Morgan fingerprint density at radius 3 is 2.92 bits per heavy atom. The molecule has 25 heavy (non-hydrogen) atoms. The highest BCUT2D eigenvalue weighted by Crippen LogP contribution is 2.30. The van der Waals surface area contributed by atoms with E-state index in [4.69, 9.17) is 4.74 Å². The molecule has 2 aromatic rings. The highest BCUT2D eigenvalue weighted by atomic mass is 16.5. The Kier molecular flexibility index (Phi) is 4.88. The Morgan fingerprint density at radius 2 is 2.12 bits per heavy atom. The summed E-state index contributed by atoms with van der Waals surface area (Å²) in [7, 11) is 0. The molecule has 0 saturated heterocycles. The molecule has 0 radical (unpaired) electrons. The van der Waals surface area contributed by atoms with Crippen molar-refractivity contribution in [2.75, 3.05) is 11.9 Å². The summed E-state index contributed by atoms with van der Waals surface area (Å²) < 4.78 is 5.33. The first-order valence-electron chi connectivity index (χ1n) is 8.16. The van der Waals surface area contributed by atoms with Gasteiger partial charge in [-0.2, -0.15) is 0 Å². The molecule has 1 atom stereocenters. The van der Waals surface area contributed by atoms with Crippen LogP contribution in [0.15, 0.2) is 42.5 Å². The van der Waals surface area contributed by atoms with Gasteiger partial charge < -0.3 is 20.5 Å². The van der Waals surface area contributed by atoms with E-state index >= 15 is 0 Å². The van der Waals surface area contributed by atoms with Crippen molar-refractivity contribution in [1.82, 2.24) is 5.32 Å². The lowest BCUT2D eigenvalue weighted by molar-refractivity contribution is -0.121. The number of aryl methyl sites for hydroxylation is 1. The number of anilines is 1. The molecule has 3 N–H and O–H groups in total. The molecule has 1 heterocycles. The van der Waals surface area contributed by atoms with Gasteiger partial charge in [-0.25, -0.2) is 0 Å². The van der Waals surface area contributed by atoms with Gasteiger partial charge in [-0.05, 0) is 42.7 Å². The number of aromatic hydroxyl groups is 1. The van der Waals surface area contributed by atoms with Gasteiger partial charge in [0.1, 0.15) is 11.5 Å². The summed E-state index contributed by atoms with van der Waals surface area (Å²) in [5, 5.41) is 15.4. The van der Waals surface area contributed by atoms with E-state index in [1.807, 2.05) is 19.1 Å². The average molecular weight is 340 g/mol. The third-order valence-corrected chi connectivity index (χ3v) is 4.13. The summed E-state index contributed by atoms with van der Waals surface area (Å²) in [4.78, 5) is 23.6. The fourth-order valence-corrected chi connectivity index (χ4v) is 2.74. The normalized spacial score (nSPS) is 14.0. The van der Waals surface area contributed by atoms with E-state index < -0.39 is 0 Å². The second kappa shape index (κ2) is 7.25. The number of fused-ring (bicyclic) bond motifs is 1. The van der Waals surface area contributed by atoms with Crippen molar-refractivity contribution in [3.63, 3.8) is 0 Å². The summed E-state index contributed by atoms with van der Waals surface area (Å²) in [5.41, 5.74) is 2.24. The number of carbonyl (C=O) groups excluding carboxylic acids is 2. The van der Waals surface area contributed by atoms with Crippen LogP contribution in [0.3, 0.4) is 0 Å². The predicted molar refractivity (Wildman–Crippen MR) is 93.6 cm³/mol. The largest absolute Gasteiger partial charge is 0.508 e. The van der Waals surface area contributed by atoms with Gasteiger partial charge in [0, 0.05) is 6.42 Å². The molecule has 0 aliphatic carbocycles. The number of amides is 2. The molecule has 0 spiro atoms. The lowest BCUT2D eigenvalue weighted by Gasteiger charge is -2.21. The zero-order valence-corrected chi connectivity index (χ0v) is 13.9. The Morgan fingerprint density at radius 1 is 1.32 bits per heavy atom. The van der Waals surface area contributed by atoms with Crippen LogP contribution >= 0.6 is 0 Å². The molecule has 2 amide bonds. The molecule has 1 aliphatic rings. The minimum atomic E-state index is -0.207. The topological polar surface area (TPSA) is 87.7 Å². The number of carbonyl (C=O) groups is 2. The second-order valence-electron chi connectivity index (χ2n) is 6.01. The summed E-state index contributed by atoms with van der Waals surface area (Å²) in [5.74, 6) is 0.535. The summed E-state index contributed by atoms with van der Waals surface area (Å²) in [6.45, 7) is 1.90. The van der Waals surface area contributed by atoms with Crippen molar-refractivity contribution in [1.29, 1.82) is 0 Å². The fourth-order valence-electron chi connectivity index (χ4n) is 2.74. The first-order chi connectivity index (χ1) is 12.0. The number of para-hydroxylation sites is 1. The van der Waals surface area contributed by atoms with E-state index in [9.17, 15) is 14.7 Å². The minimum Gasteiger partial charge on any atom is -0.508 e. The Labute approximate surface area is 145 Å². The highest BCUT2D eigenvalue weighted by Gasteiger charge is 2.18. The summed E-state index contributed by atoms with van der Waals surface area (Å²) in [6, 6.07) is 12.2. The van der Waals surface area contributed by atoms with Crippen LogP contribution in [0.5, 0.6) is 11.5 Å². The van der Waals surface area contributed by atoms with Gasteiger partial charge in [0.15, 0.2) is 6.61 Å². The van der Waals surface area contributed by atoms with E-state index in [1.54, 1.807) is 30.3 Å². The Balaban J connectivity index is 1.59. The third kappa shape index (κ3) is 4.09. The molecule has 6 heteroatoms. The van der Waals surface area contributed by atoms with Crippen LogP contribution in [0.4, 0.5) is 5.69 Å². The molecule has 0 fully saturated rings. The average Bonchev–Trinajstić information content (AvgIpc) is 2.60. The molecular formula is C19H20N2O4. The van der Waals surface area contributed by atoms with Crippen molar-refractivity contribution in [3.05, 3.63) is 53.6 Å². The van der Waals surface area contributed by atoms with E-state index in [0.717, 1.165) is 11.1 Å². The lowest BCUT2D eigenvalue weighted by Crippen LogP contribution is -2.28. The van der Waals surface area contributed by atoms with Crippen molar-refractivity contribution in [2.45, 2.75) is 25.8 Å². The van der Waals surface area contributed by atoms with Crippen molar-refractivity contribution < 1.29 is 19.4 Å². The van der Waals surface area contributed by atoms with Crippen LogP contribution in [-0.4, -0.2) is 23.5 Å². The molecule has 0 saturated carbocycles. The van der Waals surface area contributed by atoms with Crippen molar-refractivity contribution in [3.8, 4) is 11.5 Å². The van der Waals surface area contributed by atoms with Gasteiger partial charge in [-0.1, -0.05) is 24.3 Å². The molecule has 130 valence electrons. The smallest absolute Gasteiger partial charge is 0.262 e. The molecule has 0 aromatic heterocycles. The van der Waals surface area contributed by atoms with E-state index in [-0.39, 0.29) is 36.6 Å². The minimum absolute atomic E-state index is 0.0188. The number of hydrogen-bond donors (Lipinski definition) is 3. The van der Waals surface area contributed by atoms with Gasteiger partial charge in [0.2, 0.25) is 5.91 Å². The van der Waals surface area contributed by atoms with Crippen molar-refractivity contribution >= 4 is 17.5 Å². The SMILES string of the molecule is C[C@H](NC(=O)CCc1ccccc1O)c1ccc2c(c1)NC(=O)CO2. The van der Waals surface area contributed by atoms with Crippen LogP contribution in [0.2, 0.25) is 0 Å².